The fraction of sp³-hybridized carbons (Fsp3) is 0.250. The molecule has 102 valence electrons. The van der Waals surface area contributed by atoms with E-state index in [-0.39, 0.29) is 11.1 Å². The molecular formula is C12H13NO6. The molecule has 4 N–H and O–H groups in total. The number of carbonyl (C=O) groups is 3. The number of rotatable bonds is 5. The first-order chi connectivity index (χ1) is 8.74. The van der Waals surface area contributed by atoms with E-state index in [4.69, 9.17) is 10.2 Å². The standard InChI is InChI=1S/C12H13NO6/c1-12(19,11(17)18)6-13-9(14)7-2-4-8(5-3-7)10(15)16/h2-5,19H,6H2,1H3,(H,13,14)(H,15,16)(H,17,18). The molecule has 1 amide bonds. The van der Waals surface area contributed by atoms with Crippen LogP contribution in [0.15, 0.2) is 24.3 Å². The second kappa shape index (κ2) is 5.49. The Morgan fingerprint density at radius 2 is 1.58 bits per heavy atom. The Morgan fingerprint density at radius 3 is 2.00 bits per heavy atom. The van der Waals surface area contributed by atoms with Crippen molar-refractivity contribution >= 4 is 17.8 Å². The van der Waals surface area contributed by atoms with E-state index >= 15 is 0 Å². The fourth-order valence-corrected chi connectivity index (χ4v) is 1.19. The third kappa shape index (κ3) is 3.78. The quantitative estimate of drug-likeness (QED) is 0.593. The summed E-state index contributed by atoms with van der Waals surface area (Å²) in [4.78, 5) is 32.9. The van der Waals surface area contributed by atoms with Gasteiger partial charge in [-0.1, -0.05) is 0 Å². The number of nitrogens with one attached hydrogen (secondary N) is 1. The summed E-state index contributed by atoms with van der Waals surface area (Å²) in [7, 11) is 0. The number of carbonyl (C=O) groups excluding carboxylic acids is 1. The Hall–Kier alpha value is -2.41. The number of aliphatic hydroxyl groups is 1. The molecule has 1 aromatic carbocycles. The number of carboxylic acids is 2. The summed E-state index contributed by atoms with van der Waals surface area (Å²) in [6, 6.07) is 5.11. The van der Waals surface area contributed by atoms with Crippen LogP contribution in [-0.2, 0) is 4.79 Å². The van der Waals surface area contributed by atoms with E-state index in [0.717, 1.165) is 6.92 Å². The minimum Gasteiger partial charge on any atom is -0.479 e. The van der Waals surface area contributed by atoms with Crippen LogP contribution in [0.4, 0.5) is 0 Å². The Bertz CT molecular complexity index is 505. The second-order valence-electron chi connectivity index (χ2n) is 4.14. The summed E-state index contributed by atoms with van der Waals surface area (Å²) < 4.78 is 0. The molecule has 1 atom stereocenters. The highest BCUT2D eigenvalue weighted by Gasteiger charge is 2.30. The van der Waals surface area contributed by atoms with Crippen molar-refractivity contribution in [1.82, 2.24) is 5.32 Å². The van der Waals surface area contributed by atoms with E-state index in [0.29, 0.717) is 0 Å². The van der Waals surface area contributed by atoms with Gasteiger partial charge in [-0.15, -0.1) is 0 Å². The summed E-state index contributed by atoms with van der Waals surface area (Å²) in [5, 5.41) is 29.0. The van der Waals surface area contributed by atoms with Crippen molar-refractivity contribution in [1.29, 1.82) is 0 Å². The van der Waals surface area contributed by atoms with Crippen molar-refractivity contribution in [3.05, 3.63) is 35.4 Å². The van der Waals surface area contributed by atoms with E-state index in [1.807, 2.05) is 0 Å². The summed E-state index contributed by atoms with van der Waals surface area (Å²) in [6.45, 7) is 0.602. The molecule has 0 aliphatic carbocycles. The number of hydrogen-bond acceptors (Lipinski definition) is 4. The molecule has 0 spiro atoms. The molecule has 0 saturated carbocycles. The molecule has 0 fully saturated rings. The first-order valence-electron chi connectivity index (χ1n) is 5.31. The lowest BCUT2D eigenvalue weighted by Gasteiger charge is -2.18. The monoisotopic (exact) mass is 267 g/mol. The zero-order valence-corrected chi connectivity index (χ0v) is 10.1. The van der Waals surface area contributed by atoms with E-state index in [1.165, 1.54) is 24.3 Å². The highest BCUT2D eigenvalue weighted by atomic mass is 16.4. The van der Waals surface area contributed by atoms with Crippen LogP contribution in [0.3, 0.4) is 0 Å². The molecule has 0 bridgehead atoms. The van der Waals surface area contributed by atoms with Crippen molar-refractivity contribution < 1.29 is 29.7 Å². The number of aliphatic carboxylic acids is 1. The molecule has 0 saturated heterocycles. The Labute approximate surface area is 108 Å². The maximum absolute atomic E-state index is 11.6. The van der Waals surface area contributed by atoms with Crippen molar-refractivity contribution in [3.8, 4) is 0 Å². The van der Waals surface area contributed by atoms with Crippen LogP contribution in [0.5, 0.6) is 0 Å². The zero-order valence-electron chi connectivity index (χ0n) is 10.1. The average molecular weight is 267 g/mol. The zero-order chi connectivity index (χ0) is 14.6. The first-order valence-corrected chi connectivity index (χ1v) is 5.31. The van der Waals surface area contributed by atoms with Gasteiger partial charge in [0.25, 0.3) is 5.91 Å². The number of aromatic carboxylic acids is 1. The molecule has 19 heavy (non-hydrogen) atoms. The van der Waals surface area contributed by atoms with Crippen molar-refractivity contribution in [2.75, 3.05) is 6.54 Å². The van der Waals surface area contributed by atoms with Crippen LogP contribution >= 0.6 is 0 Å². The first kappa shape index (κ1) is 14.7. The minimum absolute atomic E-state index is 0.0362. The van der Waals surface area contributed by atoms with Crippen LogP contribution in [0.2, 0.25) is 0 Å². The number of benzene rings is 1. The predicted molar refractivity (Wildman–Crippen MR) is 64.0 cm³/mol. The van der Waals surface area contributed by atoms with Gasteiger partial charge >= 0.3 is 11.9 Å². The van der Waals surface area contributed by atoms with Gasteiger partial charge < -0.3 is 20.6 Å². The molecule has 1 aromatic rings. The van der Waals surface area contributed by atoms with Crippen LogP contribution < -0.4 is 5.32 Å². The molecular weight excluding hydrogens is 254 g/mol. The predicted octanol–water partition coefficient (Wildman–Crippen LogP) is -0.0498. The van der Waals surface area contributed by atoms with E-state index < -0.39 is 30.0 Å². The summed E-state index contributed by atoms with van der Waals surface area (Å²) in [5.41, 5.74) is -1.85. The van der Waals surface area contributed by atoms with E-state index in [1.54, 1.807) is 0 Å². The SMILES string of the molecule is CC(O)(CNC(=O)c1ccc(C(=O)O)cc1)C(=O)O. The molecule has 1 rings (SSSR count). The highest BCUT2D eigenvalue weighted by Crippen LogP contribution is 2.06. The number of carboxylic acid groups (broad SMARTS) is 2. The minimum atomic E-state index is -2.06. The van der Waals surface area contributed by atoms with Gasteiger partial charge in [0, 0.05) is 5.56 Å². The molecule has 0 heterocycles. The largest absolute Gasteiger partial charge is 0.479 e. The van der Waals surface area contributed by atoms with Gasteiger partial charge in [0.2, 0.25) is 0 Å². The summed E-state index contributed by atoms with van der Waals surface area (Å²) in [5.74, 6) is -3.16. The third-order valence-electron chi connectivity index (χ3n) is 2.45. The van der Waals surface area contributed by atoms with Gasteiger partial charge in [0.1, 0.15) is 0 Å². The molecule has 0 aromatic heterocycles. The smallest absolute Gasteiger partial charge is 0.337 e. The van der Waals surface area contributed by atoms with Crippen LogP contribution in [0, 0.1) is 0 Å². The van der Waals surface area contributed by atoms with Crippen LogP contribution in [0.1, 0.15) is 27.6 Å². The van der Waals surface area contributed by atoms with Gasteiger partial charge in [-0.05, 0) is 31.2 Å². The van der Waals surface area contributed by atoms with Crippen LogP contribution in [0.25, 0.3) is 0 Å². The Morgan fingerprint density at radius 1 is 1.11 bits per heavy atom. The lowest BCUT2D eigenvalue weighted by Crippen LogP contribution is -2.46. The molecule has 0 radical (unpaired) electrons. The lowest BCUT2D eigenvalue weighted by atomic mass is 10.1. The Kier molecular flexibility index (Phi) is 4.23. The van der Waals surface area contributed by atoms with Gasteiger partial charge in [-0.3, -0.25) is 4.79 Å². The van der Waals surface area contributed by atoms with Gasteiger partial charge in [-0.2, -0.15) is 0 Å². The van der Waals surface area contributed by atoms with Crippen molar-refractivity contribution in [3.63, 3.8) is 0 Å². The molecule has 1 unspecified atom stereocenters. The second-order valence-corrected chi connectivity index (χ2v) is 4.14. The van der Waals surface area contributed by atoms with Crippen LogP contribution in [-0.4, -0.2) is 45.3 Å². The summed E-state index contributed by atoms with van der Waals surface area (Å²) >= 11 is 0. The maximum Gasteiger partial charge on any atom is 0.337 e. The van der Waals surface area contributed by atoms with Crippen molar-refractivity contribution in [2.24, 2.45) is 0 Å². The topological polar surface area (TPSA) is 124 Å². The van der Waals surface area contributed by atoms with E-state index in [9.17, 15) is 19.5 Å². The Balaban J connectivity index is 2.69. The van der Waals surface area contributed by atoms with Gasteiger partial charge in [0.15, 0.2) is 5.60 Å². The number of amides is 1. The lowest BCUT2D eigenvalue weighted by molar-refractivity contribution is -0.155. The fourth-order valence-electron chi connectivity index (χ4n) is 1.19. The summed E-state index contributed by atoms with van der Waals surface area (Å²) in [6.07, 6.45) is 0. The average Bonchev–Trinajstić information content (AvgIpc) is 2.36. The highest BCUT2D eigenvalue weighted by molar-refractivity contribution is 5.96. The molecule has 0 aliphatic heterocycles. The molecule has 7 heteroatoms. The van der Waals surface area contributed by atoms with Gasteiger partial charge in [-0.25, -0.2) is 9.59 Å². The van der Waals surface area contributed by atoms with Crippen molar-refractivity contribution in [2.45, 2.75) is 12.5 Å². The maximum atomic E-state index is 11.6. The number of hydrogen-bond donors (Lipinski definition) is 4. The third-order valence-corrected chi connectivity index (χ3v) is 2.45. The van der Waals surface area contributed by atoms with E-state index in [2.05, 4.69) is 5.32 Å². The molecule has 7 nitrogen and oxygen atoms in total. The normalized spacial score (nSPS) is 13.4. The molecule has 0 aliphatic rings. The van der Waals surface area contributed by atoms with Gasteiger partial charge in [0.05, 0.1) is 12.1 Å².